The van der Waals surface area contributed by atoms with Crippen molar-refractivity contribution in [3.63, 3.8) is 0 Å². The lowest BCUT2D eigenvalue weighted by molar-refractivity contribution is 0.544. The van der Waals surface area contributed by atoms with Gasteiger partial charge in [-0.1, -0.05) is 0 Å². The van der Waals surface area contributed by atoms with Crippen LogP contribution in [0.5, 0.6) is 0 Å². The van der Waals surface area contributed by atoms with Crippen LogP contribution >= 0.6 is 0 Å². The molecule has 0 amide bonds. The standard InChI is InChI=1S/C11H14N4O/c1-7-2-5-9(16-7)10-13-11(15-14-10)12-6-8-3-4-8/h2,5,8H,3-4,6H2,1H3,(H2,12,13,14,15). The fraction of sp³-hybridized carbons (Fsp3) is 0.455. The Morgan fingerprint density at radius 1 is 1.50 bits per heavy atom. The number of anilines is 1. The van der Waals surface area contributed by atoms with Crippen molar-refractivity contribution in [3.05, 3.63) is 17.9 Å². The predicted molar refractivity (Wildman–Crippen MR) is 60.0 cm³/mol. The first-order chi connectivity index (χ1) is 7.81. The minimum Gasteiger partial charge on any atom is -0.458 e. The highest BCUT2D eigenvalue weighted by Crippen LogP contribution is 2.28. The second kappa shape index (κ2) is 3.66. The number of aryl methyl sites for hydroxylation is 1. The molecule has 0 radical (unpaired) electrons. The molecule has 5 nitrogen and oxygen atoms in total. The highest BCUT2D eigenvalue weighted by molar-refractivity contribution is 5.48. The number of hydrogen-bond donors (Lipinski definition) is 2. The van der Waals surface area contributed by atoms with Crippen molar-refractivity contribution in [1.82, 2.24) is 15.2 Å². The monoisotopic (exact) mass is 218 g/mol. The van der Waals surface area contributed by atoms with E-state index in [0.29, 0.717) is 11.8 Å². The van der Waals surface area contributed by atoms with E-state index in [1.165, 1.54) is 12.8 Å². The Bertz CT molecular complexity index is 484. The molecule has 5 heteroatoms. The van der Waals surface area contributed by atoms with Gasteiger partial charge in [0.1, 0.15) is 5.76 Å². The summed E-state index contributed by atoms with van der Waals surface area (Å²) in [4.78, 5) is 4.32. The quantitative estimate of drug-likeness (QED) is 0.825. The van der Waals surface area contributed by atoms with E-state index in [-0.39, 0.29) is 0 Å². The predicted octanol–water partition coefficient (Wildman–Crippen LogP) is 2.20. The van der Waals surface area contributed by atoms with Crippen molar-refractivity contribution in [1.29, 1.82) is 0 Å². The number of furan rings is 1. The van der Waals surface area contributed by atoms with E-state index in [0.717, 1.165) is 24.0 Å². The Morgan fingerprint density at radius 2 is 2.38 bits per heavy atom. The zero-order valence-corrected chi connectivity index (χ0v) is 9.16. The maximum absolute atomic E-state index is 5.46. The van der Waals surface area contributed by atoms with Crippen LogP contribution in [0.1, 0.15) is 18.6 Å². The number of aromatic amines is 1. The van der Waals surface area contributed by atoms with Gasteiger partial charge in [0, 0.05) is 6.54 Å². The molecule has 84 valence electrons. The molecular weight excluding hydrogens is 204 g/mol. The maximum atomic E-state index is 5.46. The van der Waals surface area contributed by atoms with Crippen molar-refractivity contribution in [3.8, 4) is 11.6 Å². The summed E-state index contributed by atoms with van der Waals surface area (Å²) >= 11 is 0. The van der Waals surface area contributed by atoms with Crippen LogP contribution in [-0.2, 0) is 0 Å². The Hall–Kier alpha value is -1.78. The summed E-state index contributed by atoms with van der Waals surface area (Å²) < 4.78 is 5.46. The third-order valence-corrected chi connectivity index (χ3v) is 2.70. The Labute approximate surface area is 93.3 Å². The van der Waals surface area contributed by atoms with Crippen LogP contribution in [-0.4, -0.2) is 21.7 Å². The lowest BCUT2D eigenvalue weighted by Crippen LogP contribution is -2.04. The zero-order valence-electron chi connectivity index (χ0n) is 9.16. The summed E-state index contributed by atoms with van der Waals surface area (Å²) in [5.74, 6) is 3.73. The number of aromatic nitrogens is 3. The lowest BCUT2D eigenvalue weighted by atomic mass is 10.4. The van der Waals surface area contributed by atoms with Gasteiger partial charge in [0.05, 0.1) is 0 Å². The van der Waals surface area contributed by atoms with Crippen LogP contribution in [0.25, 0.3) is 11.6 Å². The molecule has 3 rings (SSSR count). The molecule has 0 atom stereocenters. The fourth-order valence-electron chi connectivity index (χ4n) is 1.57. The van der Waals surface area contributed by atoms with Gasteiger partial charge in [-0.3, -0.25) is 5.10 Å². The van der Waals surface area contributed by atoms with Crippen LogP contribution < -0.4 is 5.32 Å². The third-order valence-electron chi connectivity index (χ3n) is 2.70. The molecule has 0 aliphatic heterocycles. The average Bonchev–Trinajstić information content (AvgIpc) is 2.81. The summed E-state index contributed by atoms with van der Waals surface area (Å²) in [7, 11) is 0. The van der Waals surface area contributed by atoms with E-state index in [9.17, 15) is 0 Å². The minimum atomic E-state index is 0.649. The van der Waals surface area contributed by atoms with Crippen LogP contribution in [0, 0.1) is 12.8 Å². The smallest absolute Gasteiger partial charge is 0.242 e. The molecule has 0 bridgehead atoms. The summed E-state index contributed by atoms with van der Waals surface area (Å²) in [6.07, 6.45) is 2.64. The van der Waals surface area contributed by atoms with Gasteiger partial charge in [-0.2, -0.15) is 4.98 Å². The van der Waals surface area contributed by atoms with E-state index in [2.05, 4.69) is 20.5 Å². The van der Waals surface area contributed by atoms with Crippen LogP contribution in [0.15, 0.2) is 16.5 Å². The summed E-state index contributed by atoms with van der Waals surface area (Å²) in [5.41, 5.74) is 0. The fourth-order valence-corrected chi connectivity index (χ4v) is 1.57. The number of nitrogens with zero attached hydrogens (tertiary/aromatic N) is 2. The van der Waals surface area contributed by atoms with Crippen LogP contribution in [0.4, 0.5) is 5.95 Å². The van der Waals surface area contributed by atoms with E-state index in [1.807, 2.05) is 19.1 Å². The Balaban J connectivity index is 1.71. The van der Waals surface area contributed by atoms with Gasteiger partial charge in [0.15, 0.2) is 11.6 Å². The molecule has 1 aliphatic rings. The molecule has 1 fully saturated rings. The first-order valence-corrected chi connectivity index (χ1v) is 5.54. The molecule has 2 aromatic rings. The number of rotatable bonds is 4. The molecule has 16 heavy (non-hydrogen) atoms. The number of H-pyrrole nitrogens is 1. The van der Waals surface area contributed by atoms with Gasteiger partial charge in [0.2, 0.25) is 5.95 Å². The molecule has 1 aliphatic carbocycles. The second-order valence-corrected chi connectivity index (χ2v) is 4.24. The van der Waals surface area contributed by atoms with Crippen molar-refractivity contribution < 1.29 is 4.42 Å². The van der Waals surface area contributed by atoms with Gasteiger partial charge in [0.25, 0.3) is 0 Å². The van der Waals surface area contributed by atoms with E-state index < -0.39 is 0 Å². The molecular formula is C11H14N4O. The first-order valence-electron chi connectivity index (χ1n) is 5.54. The third kappa shape index (κ3) is 1.93. The maximum Gasteiger partial charge on any atom is 0.242 e. The van der Waals surface area contributed by atoms with Gasteiger partial charge in [-0.15, -0.1) is 5.10 Å². The molecule has 0 aromatic carbocycles. The first kappa shape index (κ1) is 9.45. The van der Waals surface area contributed by atoms with Crippen molar-refractivity contribution in [2.75, 3.05) is 11.9 Å². The van der Waals surface area contributed by atoms with Gasteiger partial charge in [-0.25, -0.2) is 0 Å². The highest BCUT2D eigenvalue weighted by Gasteiger charge is 2.21. The molecule has 0 spiro atoms. The molecule has 2 aromatic heterocycles. The Kier molecular flexibility index (Phi) is 2.16. The molecule has 2 N–H and O–H groups in total. The SMILES string of the molecule is Cc1ccc(-c2nc(NCC3CC3)n[nH]2)o1. The van der Waals surface area contributed by atoms with Crippen molar-refractivity contribution in [2.24, 2.45) is 5.92 Å². The minimum absolute atomic E-state index is 0.649. The van der Waals surface area contributed by atoms with Crippen LogP contribution in [0.3, 0.4) is 0 Å². The number of hydrogen-bond acceptors (Lipinski definition) is 4. The summed E-state index contributed by atoms with van der Waals surface area (Å²) in [6, 6.07) is 3.80. The average molecular weight is 218 g/mol. The van der Waals surface area contributed by atoms with Crippen molar-refractivity contribution >= 4 is 5.95 Å². The van der Waals surface area contributed by atoms with E-state index in [4.69, 9.17) is 4.42 Å². The van der Waals surface area contributed by atoms with E-state index in [1.54, 1.807) is 0 Å². The van der Waals surface area contributed by atoms with E-state index >= 15 is 0 Å². The summed E-state index contributed by atoms with van der Waals surface area (Å²) in [5, 5.41) is 10.2. The normalized spacial score (nSPS) is 15.3. The largest absolute Gasteiger partial charge is 0.458 e. The second-order valence-electron chi connectivity index (χ2n) is 4.24. The number of nitrogens with one attached hydrogen (secondary N) is 2. The molecule has 1 saturated carbocycles. The molecule has 0 saturated heterocycles. The zero-order chi connectivity index (χ0) is 11.0. The van der Waals surface area contributed by atoms with Gasteiger partial charge in [-0.05, 0) is 37.8 Å². The van der Waals surface area contributed by atoms with Gasteiger partial charge >= 0.3 is 0 Å². The topological polar surface area (TPSA) is 66.7 Å². The molecule has 2 heterocycles. The van der Waals surface area contributed by atoms with Gasteiger partial charge < -0.3 is 9.73 Å². The lowest BCUT2D eigenvalue weighted by Gasteiger charge is -1.96. The summed E-state index contributed by atoms with van der Waals surface area (Å²) in [6.45, 7) is 2.88. The van der Waals surface area contributed by atoms with Crippen LogP contribution in [0.2, 0.25) is 0 Å². The highest BCUT2D eigenvalue weighted by atomic mass is 16.3. The molecule has 0 unspecified atom stereocenters. The Morgan fingerprint density at radius 3 is 3.06 bits per heavy atom. The van der Waals surface area contributed by atoms with Crippen molar-refractivity contribution in [2.45, 2.75) is 19.8 Å².